The van der Waals surface area contributed by atoms with E-state index in [1.165, 1.54) is 12.8 Å². The Morgan fingerprint density at radius 1 is 1.10 bits per heavy atom. The van der Waals surface area contributed by atoms with Gasteiger partial charge in [0.05, 0.1) is 6.04 Å². The van der Waals surface area contributed by atoms with E-state index >= 15 is 0 Å². The third kappa shape index (κ3) is 5.49. The summed E-state index contributed by atoms with van der Waals surface area (Å²) in [6, 6.07) is -1.09. The largest absolute Gasteiger partial charge is 0.480 e. The highest BCUT2D eigenvalue weighted by atomic mass is 16.4. The van der Waals surface area contributed by atoms with Crippen molar-refractivity contribution in [3.8, 4) is 0 Å². The van der Waals surface area contributed by atoms with Crippen LogP contribution >= 0.6 is 0 Å². The lowest BCUT2D eigenvalue weighted by Gasteiger charge is -2.27. The van der Waals surface area contributed by atoms with Gasteiger partial charge in [0.25, 0.3) is 0 Å². The standard InChI is InChI=1S/C15H28N2O3/c1-11(2)10-13(15(19)20)16-12(3)14(18)17-8-6-4-5-7-9-17/h11-13,16H,4-10H2,1-3H3,(H,19,20). The van der Waals surface area contributed by atoms with E-state index in [-0.39, 0.29) is 11.8 Å². The number of nitrogens with one attached hydrogen (secondary N) is 1. The van der Waals surface area contributed by atoms with E-state index in [1.807, 2.05) is 18.7 Å². The average Bonchev–Trinajstić information content (AvgIpc) is 2.65. The molecule has 0 aliphatic carbocycles. The van der Waals surface area contributed by atoms with Crippen LogP contribution in [0.25, 0.3) is 0 Å². The maximum absolute atomic E-state index is 12.4. The summed E-state index contributed by atoms with van der Waals surface area (Å²) >= 11 is 0. The van der Waals surface area contributed by atoms with Crippen LogP contribution in [0.4, 0.5) is 0 Å². The molecule has 1 saturated heterocycles. The fourth-order valence-electron chi connectivity index (χ4n) is 2.65. The number of hydrogen-bond acceptors (Lipinski definition) is 3. The quantitative estimate of drug-likeness (QED) is 0.781. The first-order valence-electron chi connectivity index (χ1n) is 7.69. The summed E-state index contributed by atoms with van der Waals surface area (Å²) < 4.78 is 0. The van der Waals surface area contributed by atoms with Crippen molar-refractivity contribution in [3.05, 3.63) is 0 Å². The van der Waals surface area contributed by atoms with Crippen LogP contribution in [0.3, 0.4) is 0 Å². The number of carbonyl (C=O) groups excluding carboxylic acids is 1. The lowest BCUT2D eigenvalue weighted by atomic mass is 10.0. The minimum absolute atomic E-state index is 0.0295. The van der Waals surface area contributed by atoms with Crippen LogP contribution in [-0.4, -0.2) is 47.1 Å². The van der Waals surface area contributed by atoms with Crippen LogP contribution in [0.2, 0.25) is 0 Å². The Morgan fingerprint density at radius 3 is 2.10 bits per heavy atom. The van der Waals surface area contributed by atoms with Gasteiger partial charge in [-0.2, -0.15) is 0 Å². The van der Waals surface area contributed by atoms with Gasteiger partial charge in [-0.1, -0.05) is 26.7 Å². The van der Waals surface area contributed by atoms with Crippen LogP contribution in [-0.2, 0) is 9.59 Å². The zero-order valence-corrected chi connectivity index (χ0v) is 12.9. The highest BCUT2D eigenvalue weighted by Crippen LogP contribution is 2.12. The van der Waals surface area contributed by atoms with Crippen LogP contribution in [0, 0.1) is 5.92 Å². The zero-order chi connectivity index (χ0) is 15.1. The first-order valence-corrected chi connectivity index (χ1v) is 7.69. The van der Waals surface area contributed by atoms with E-state index in [4.69, 9.17) is 0 Å². The van der Waals surface area contributed by atoms with Gasteiger partial charge >= 0.3 is 5.97 Å². The number of aliphatic carboxylic acids is 1. The Balaban J connectivity index is 2.55. The van der Waals surface area contributed by atoms with Gasteiger partial charge in [-0.25, -0.2) is 0 Å². The monoisotopic (exact) mass is 284 g/mol. The molecule has 2 atom stereocenters. The van der Waals surface area contributed by atoms with Gasteiger partial charge in [0.15, 0.2) is 0 Å². The summed E-state index contributed by atoms with van der Waals surface area (Å²) in [6.45, 7) is 7.33. The molecule has 0 radical (unpaired) electrons. The van der Waals surface area contributed by atoms with Gasteiger partial charge in [0.1, 0.15) is 6.04 Å². The predicted octanol–water partition coefficient (Wildman–Crippen LogP) is 1.87. The molecule has 0 aromatic heterocycles. The lowest BCUT2D eigenvalue weighted by molar-refractivity contribution is -0.141. The van der Waals surface area contributed by atoms with Crippen molar-refractivity contribution >= 4 is 11.9 Å². The van der Waals surface area contributed by atoms with Gasteiger partial charge in [-0.05, 0) is 32.1 Å². The number of hydrogen-bond donors (Lipinski definition) is 2. The number of likely N-dealkylation sites (tertiary alicyclic amines) is 1. The summed E-state index contributed by atoms with van der Waals surface area (Å²) in [6.07, 6.45) is 4.99. The molecule has 1 amide bonds. The van der Waals surface area contributed by atoms with Gasteiger partial charge in [0.2, 0.25) is 5.91 Å². The minimum Gasteiger partial charge on any atom is -0.480 e. The Bertz CT molecular complexity index is 323. The van der Waals surface area contributed by atoms with Crippen LogP contribution in [0.1, 0.15) is 52.9 Å². The van der Waals surface area contributed by atoms with Crippen molar-refractivity contribution < 1.29 is 14.7 Å². The van der Waals surface area contributed by atoms with Crippen molar-refractivity contribution in [2.45, 2.75) is 65.0 Å². The second kappa shape index (κ2) is 8.25. The molecule has 0 spiro atoms. The molecule has 5 nitrogen and oxygen atoms in total. The SMILES string of the molecule is CC(C)CC(NC(C)C(=O)N1CCCCCC1)C(=O)O. The van der Waals surface area contributed by atoms with Crippen molar-refractivity contribution in [3.63, 3.8) is 0 Å². The first-order chi connectivity index (χ1) is 9.41. The number of rotatable bonds is 6. The molecule has 0 aromatic rings. The highest BCUT2D eigenvalue weighted by molar-refractivity contribution is 5.82. The highest BCUT2D eigenvalue weighted by Gasteiger charge is 2.26. The Hall–Kier alpha value is -1.10. The molecule has 1 fully saturated rings. The molecule has 2 unspecified atom stereocenters. The molecule has 0 saturated carbocycles. The van der Waals surface area contributed by atoms with Gasteiger partial charge < -0.3 is 10.0 Å². The zero-order valence-electron chi connectivity index (χ0n) is 12.9. The van der Waals surface area contributed by atoms with E-state index in [2.05, 4.69) is 5.32 Å². The van der Waals surface area contributed by atoms with E-state index in [1.54, 1.807) is 6.92 Å². The normalized spacial score (nSPS) is 19.5. The molecule has 116 valence electrons. The van der Waals surface area contributed by atoms with E-state index in [0.717, 1.165) is 25.9 Å². The van der Waals surface area contributed by atoms with Crippen molar-refractivity contribution in [2.24, 2.45) is 5.92 Å². The Labute approximate surface area is 121 Å². The van der Waals surface area contributed by atoms with Crippen LogP contribution in [0.15, 0.2) is 0 Å². The number of amides is 1. The van der Waals surface area contributed by atoms with Crippen LogP contribution in [0.5, 0.6) is 0 Å². The predicted molar refractivity (Wildman–Crippen MR) is 78.5 cm³/mol. The second-order valence-electron chi connectivity index (χ2n) is 6.15. The maximum Gasteiger partial charge on any atom is 0.320 e. The topological polar surface area (TPSA) is 69.6 Å². The molecule has 1 heterocycles. The summed E-state index contributed by atoms with van der Waals surface area (Å²) in [4.78, 5) is 25.5. The summed E-state index contributed by atoms with van der Waals surface area (Å²) in [7, 11) is 0. The number of carbonyl (C=O) groups is 2. The van der Waals surface area contributed by atoms with Crippen molar-refractivity contribution in [1.29, 1.82) is 0 Å². The van der Waals surface area contributed by atoms with Crippen molar-refractivity contribution in [1.82, 2.24) is 10.2 Å². The molecular formula is C15H28N2O3. The minimum atomic E-state index is -0.880. The average molecular weight is 284 g/mol. The molecule has 20 heavy (non-hydrogen) atoms. The molecule has 0 aromatic carbocycles. The van der Waals surface area contributed by atoms with E-state index in [9.17, 15) is 14.7 Å². The summed E-state index contributed by atoms with van der Waals surface area (Å²) in [5, 5.41) is 12.2. The van der Waals surface area contributed by atoms with Gasteiger partial charge in [-0.3, -0.25) is 14.9 Å². The van der Waals surface area contributed by atoms with Gasteiger partial charge in [-0.15, -0.1) is 0 Å². The molecule has 1 aliphatic rings. The van der Waals surface area contributed by atoms with Crippen molar-refractivity contribution in [2.75, 3.05) is 13.1 Å². The number of carboxylic acids is 1. The fraction of sp³-hybridized carbons (Fsp3) is 0.867. The molecular weight excluding hydrogens is 256 g/mol. The first kappa shape index (κ1) is 17.0. The molecule has 2 N–H and O–H groups in total. The lowest BCUT2D eigenvalue weighted by Crippen LogP contribution is -2.51. The maximum atomic E-state index is 12.4. The Morgan fingerprint density at radius 2 is 1.65 bits per heavy atom. The number of nitrogens with zero attached hydrogens (tertiary/aromatic N) is 1. The van der Waals surface area contributed by atoms with Crippen LogP contribution < -0.4 is 5.32 Å². The fourth-order valence-corrected chi connectivity index (χ4v) is 2.65. The van der Waals surface area contributed by atoms with E-state index in [0.29, 0.717) is 6.42 Å². The second-order valence-corrected chi connectivity index (χ2v) is 6.15. The molecule has 1 aliphatic heterocycles. The third-order valence-electron chi connectivity index (χ3n) is 3.74. The molecule has 0 bridgehead atoms. The molecule has 1 rings (SSSR count). The molecule has 5 heteroatoms. The van der Waals surface area contributed by atoms with Gasteiger partial charge in [0, 0.05) is 13.1 Å². The third-order valence-corrected chi connectivity index (χ3v) is 3.74. The summed E-state index contributed by atoms with van der Waals surface area (Å²) in [5.74, 6) is -0.569. The smallest absolute Gasteiger partial charge is 0.320 e. The van der Waals surface area contributed by atoms with E-state index < -0.39 is 18.1 Å². The number of carboxylic acid groups (broad SMARTS) is 1. The Kier molecular flexibility index (Phi) is 6.99. The summed E-state index contributed by atoms with van der Waals surface area (Å²) in [5.41, 5.74) is 0.